The number of carboxylic acids is 2. The second-order valence-corrected chi connectivity index (χ2v) is 5.18. The second-order valence-electron chi connectivity index (χ2n) is 5.18. The third-order valence-corrected chi connectivity index (χ3v) is 3.99. The molecule has 1 amide bonds. The SMILES string of the molecule is O=C(O)CCC1CC(O)C2CCC(C(=O)O)N2C1=O. The van der Waals surface area contributed by atoms with Crippen LogP contribution in [-0.2, 0) is 14.4 Å². The molecule has 4 unspecified atom stereocenters. The third kappa shape index (κ3) is 2.56. The topological polar surface area (TPSA) is 115 Å². The summed E-state index contributed by atoms with van der Waals surface area (Å²) in [4.78, 5) is 35.2. The number of amides is 1. The van der Waals surface area contributed by atoms with E-state index in [0.717, 1.165) is 0 Å². The number of hydrogen-bond acceptors (Lipinski definition) is 4. The summed E-state index contributed by atoms with van der Waals surface area (Å²) in [6, 6.07) is -1.32. The van der Waals surface area contributed by atoms with E-state index in [9.17, 15) is 19.5 Å². The van der Waals surface area contributed by atoms with E-state index in [0.29, 0.717) is 12.8 Å². The van der Waals surface area contributed by atoms with E-state index in [4.69, 9.17) is 10.2 Å². The number of fused-ring (bicyclic) bond motifs is 1. The Hall–Kier alpha value is -1.63. The first kappa shape index (κ1) is 13.8. The summed E-state index contributed by atoms with van der Waals surface area (Å²) in [5.74, 6) is -2.99. The van der Waals surface area contributed by atoms with Gasteiger partial charge in [-0.15, -0.1) is 0 Å². The second kappa shape index (κ2) is 5.16. The smallest absolute Gasteiger partial charge is 0.326 e. The molecule has 4 atom stereocenters. The number of carbonyl (C=O) groups excluding carboxylic acids is 1. The summed E-state index contributed by atoms with van der Waals surface area (Å²) >= 11 is 0. The largest absolute Gasteiger partial charge is 0.481 e. The molecule has 2 aliphatic heterocycles. The van der Waals surface area contributed by atoms with Crippen molar-refractivity contribution in [2.24, 2.45) is 5.92 Å². The number of aliphatic hydroxyl groups is 1. The lowest BCUT2D eigenvalue weighted by molar-refractivity contribution is -0.158. The van der Waals surface area contributed by atoms with E-state index >= 15 is 0 Å². The molecule has 0 saturated carbocycles. The molecule has 2 aliphatic rings. The van der Waals surface area contributed by atoms with Crippen molar-refractivity contribution in [2.75, 3.05) is 0 Å². The molecule has 0 aromatic rings. The van der Waals surface area contributed by atoms with Crippen molar-refractivity contribution in [3.05, 3.63) is 0 Å². The minimum absolute atomic E-state index is 0.140. The molecule has 0 radical (unpaired) electrons. The van der Waals surface area contributed by atoms with Gasteiger partial charge in [-0.25, -0.2) is 4.79 Å². The lowest BCUT2D eigenvalue weighted by Gasteiger charge is -2.39. The van der Waals surface area contributed by atoms with Crippen LogP contribution < -0.4 is 0 Å². The van der Waals surface area contributed by atoms with Crippen molar-refractivity contribution >= 4 is 17.8 Å². The Morgan fingerprint density at radius 1 is 1.26 bits per heavy atom. The van der Waals surface area contributed by atoms with E-state index in [1.165, 1.54) is 4.90 Å². The summed E-state index contributed by atoms with van der Waals surface area (Å²) in [6.45, 7) is 0. The summed E-state index contributed by atoms with van der Waals surface area (Å²) < 4.78 is 0. The average molecular weight is 271 g/mol. The molecule has 2 fully saturated rings. The Balaban J connectivity index is 2.13. The van der Waals surface area contributed by atoms with Gasteiger partial charge in [0.2, 0.25) is 5.91 Å². The highest BCUT2D eigenvalue weighted by atomic mass is 16.4. The van der Waals surface area contributed by atoms with Gasteiger partial charge in [-0.2, -0.15) is 0 Å². The fourth-order valence-corrected chi connectivity index (χ4v) is 3.07. The zero-order chi connectivity index (χ0) is 14.2. The van der Waals surface area contributed by atoms with Crippen molar-refractivity contribution in [2.45, 2.75) is 50.3 Å². The molecule has 2 heterocycles. The van der Waals surface area contributed by atoms with Crippen molar-refractivity contribution in [3.8, 4) is 0 Å². The van der Waals surface area contributed by atoms with Crippen molar-refractivity contribution in [3.63, 3.8) is 0 Å². The summed E-state index contributed by atoms with van der Waals surface area (Å²) in [7, 11) is 0. The zero-order valence-corrected chi connectivity index (χ0v) is 10.4. The minimum atomic E-state index is -1.07. The highest BCUT2D eigenvalue weighted by Crippen LogP contribution is 2.36. The molecule has 7 nitrogen and oxygen atoms in total. The summed E-state index contributed by atoms with van der Waals surface area (Å²) in [5.41, 5.74) is 0. The normalized spacial score (nSPS) is 34.2. The maximum absolute atomic E-state index is 12.2. The molecule has 2 saturated heterocycles. The molecule has 0 aliphatic carbocycles. The van der Waals surface area contributed by atoms with Crippen LogP contribution in [0.1, 0.15) is 32.1 Å². The van der Waals surface area contributed by atoms with E-state index in [1.807, 2.05) is 0 Å². The van der Waals surface area contributed by atoms with Crippen LogP contribution in [0, 0.1) is 5.92 Å². The van der Waals surface area contributed by atoms with Gasteiger partial charge in [-0.1, -0.05) is 0 Å². The van der Waals surface area contributed by atoms with Crippen LogP contribution >= 0.6 is 0 Å². The van der Waals surface area contributed by atoms with Crippen LogP contribution in [0.15, 0.2) is 0 Å². The highest BCUT2D eigenvalue weighted by Gasteiger charge is 2.49. The van der Waals surface area contributed by atoms with E-state index in [2.05, 4.69) is 0 Å². The molecule has 3 N–H and O–H groups in total. The van der Waals surface area contributed by atoms with Crippen LogP contribution in [-0.4, -0.2) is 56.3 Å². The van der Waals surface area contributed by atoms with Gasteiger partial charge >= 0.3 is 11.9 Å². The highest BCUT2D eigenvalue weighted by molar-refractivity contribution is 5.87. The van der Waals surface area contributed by atoms with Gasteiger partial charge in [0.05, 0.1) is 12.1 Å². The Labute approximate surface area is 109 Å². The molecule has 0 spiro atoms. The molecule has 0 aromatic carbocycles. The number of carboxylic acid groups (broad SMARTS) is 2. The van der Waals surface area contributed by atoms with Gasteiger partial charge in [0, 0.05) is 12.3 Å². The summed E-state index contributed by atoms with van der Waals surface area (Å²) in [5, 5.41) is 27.7. The number of hydrogen-bond donors (Lipinski definition) is 3. The fourth-order valence-electron chi connectivity index (χ4n) is 3.07. The molecule has 19 heavy (non-hydrogen) atoms. The van der Waals surface area contributed by atoms with Crippen LogP contribution in [0.4, 0.5) is 0 Å². The standard InChI is InChI=1S/C12H17NO6/c14-9-5-6(1-4-10(15)16)11(17)13-7(9)2-3-8(13)12(18)19/h6-9,14H,1-5H2,(H,15,16)(H,18,19). The molecule has 0 aromatic heterocycles. The van der Waals surface area contributed by atoms with Gasteiger partial charge < -0.3 is 20.2 Å². The Bertz CT molecular complexity index is 409. The molecule has 0 bridgehead atoms. The van der Waals surface area contributed by atoms with Gasteiger partial charge in [-0.05, 0) is 25.7 Å². The third-order valence-electron chi connectivity index (χ3n) is 3.99. The quantitative estimate of drug-likeness (QED) is 0.645. The Kier molecular flexibility index (Phi) is 3.75. The lowest BCUT2D eigenvalue weighted by Crippen LogP contribution is -2.56. The van der Waals surface area contributed by atoms with Crippen LogP contribution in [0.5, 0.6) is 0 Å². The number of rotatable bonds is 4. The number of aliphatic hydroxyl groups excluding tert-OH is 1. The van der Waals surface area contributed by atoms with E-state index in [1.54, 1.807) is 0 Å². The zero-order valence-electron chi connectivity index (χ0n) is 10.4. The molecule has 106 valence electrons. The van der Waals surface area contributed by atoms with Gasteiger partial charge in [-0.3, -0.25) is 9.59 Å². The Morgan fingerprint density at radius 3 is 2.53 bits per heavy atom. The maximum atomic E-state index is 12.2. The van der Waals surface area contributed by atoms with Crippen molar-refractivity contribution < 1.29 is 29.7 Å². The lowest BCUT2D eigenvalue weighted by atomic mass is 9.87. The first-order chi connectivity index (χ1) is 8.91. The predicted molar refractivity (Wildman–Crippen MR) is 62.3 cm³/mol. The molecule has 7 heteroatoms. The number of piperidine rings is 1. The van der Waals surface area contributed by atoms with Crippen LogP contribution in [0.3, 0.4) is 0 Å². The number of carbonyl (C=O) groups is 3. The van der Waals surface area contributed by atoms with Gasteiger partial charge in [0.1, 0.15) is 6.04 Å². The minimum Gasteiger partial charge on any atom is -0.481 e. The number of nitrogens with zero attached hydrogens (tertiary/aromatic N) is 1. The van der Waals surface area contributed by atoms with Crippen LogP contribution in [0.2, 0.25) is 0 Å². The maximum Gasteiger partial charge on any atom is 0.326 e. The van der Waals surface area contributed by atoms with Gasteiger partial charge in [0.15, 0.2) is 0 Å². The first-order valence-electron chi connectivity index (χ1n) is 6.36. The molecule has 2 rings (SSSR count). The Morgan fingerprint density at radius 2 is 1.95 bits per heavy atom. The fraction of sp³-hybridized carbons (Fsp3) is 0.750. The van der Waals surface area contributed by atoms with Crippen molar-refractivity contribution in [1.29, 1.82) is 0 Å². The van der Waals surface area contributed by atoms with Crippen LogP contribution in [0.25, 0.3) is 0 Å². The van der Waals surface area contributed by atoms with E-state index in [-0.39, 0.29) is 25.2 Å². The first-order valence-corrected chi connectivity index (χ1v) is 6.36. The predicted octanol–water partition coefficient (Wildman–Crippen LogP) is -0.324. The molecular weight excluding hydrogens is 254 g/mol. The van der Waals surface area contributed by atoms with E-state index < -0.39 is 36.0 Å². The molecular formula is C12H17NO6. The summed E-state index contributed by atoms with van der Waals surface area (Å²) in [6.07, 6.45) is 0.268. The monoisotopic (exact) mass is 271 g/mol. The number of aliphatic carboxylic acids is 2. The average Bonchev–Trinajstić information content (AvgIpc) is 2.77. The van der Waals surface area contributed by atoms with Crippen molar-refractivity contribution in [1.82, 2.24) is 4.90 Å². The van der Waals surface area contributed by atoms with Gasteiger partial charge in [0.25, 0.3) is 0 Å².